The molecule has 1 rings (SSSR count). The van der Waals surface area contributed by atoms with Gasteiger partial charge in [-0.2, -0.15) is 0 Å². The Balaban J connectivity index is 2.88. The molecule has 0 bridgehead atoms. The molecule has 0 aromatic heterocycles. The van der Waals surface area contributed by atoms with Gasteiger partial charge in [0.2, 0.25) is 0 Å². The summed E-state index contributed by atoms with van der Waals surface area (Å²) in [4.78, 5) is 10.5. The first-order valence-corrected chi connectivity index (χ1v) is 5.86. The number of carboxylic acids is 1. The van der Waals surface area contributed by atoms with Crippen LogP contribution in [-0.4, -0.2) is 24.8 Å². The number of methoxy groups -OCH3 is 1. The van der Waals surface area contributed by atoms with Crippen LogP contribution in [0.15, 0.2) is 18.2 Å². The topological polar surface area (TPSA) is 81.8 Å². The fraction of sp³-hybridized carbons (Fsp3) is 0.462. The molecule has 0 saturated heterocycles. The monoisotopic (exact) mass is 253 g/mol. The summed E-state index contributed by atoms with van der Waals surface area (Å²) < 4.78 is 10.6. The minimum atomic E-state index is -0.850. The quantitative estimate of drug-likeness (QED) is 0.776. The highest BCUT2D eigenvalue weighted by Gasteiger charge is 2.14. The molecule has 1 aromatic rings. The van der Waals surface area contributed by atoms with Gasteiger partial charge in [0, 0.05) is 24.1 Å². The highest BCUT2D eigenvalue weighted by atomic mass is 16.5. The highest BCUT2D eigenvalue weighted by molar-refractivity contribution is 5.66. The van der Waals surface area contributed by atoms with Crippen molar-refractivity contribution in [2.24, 2.45) is 5.73 Å². The standard InChI is InChI=1S/C13H19NO4/c1-3-18-12-8-9(17-2)4-5-10(12)11(14)6-7-13(15)16/h4-5,8,11H,3,6-7,14H2,1-2H3,(H,15,16). The van der Waals surface area contributed by atoms with E-state index in [-0.39, 0.29) is 12.5 Å². The first-order valence-electron chi connectivity index (χ1n) is 5.86. The summed E-state index contributed by atoms with van der Waals surface area (Å²) in [6.07, 6.45) is 0.417. The first-order chi connectivity index (χ1) is 8.58. The second kappa shape index (κ2) is 6.86. The molecule has 0 saturated carbocycles. The Kier molecular flexibility index (Phi) is 5.45. The van der Waals surface area contributed by atoms with Gasteiger partial charge in [-0.15, -0.1) is 0 Å². The van der Waals surface area contributed by atoms with Gasteiger partial charge in [-0.1, -0.05) is 6.07 Å². The van der Waals surface area contributed by atoms with Crippen molar-refractivity contribution in [3.63, 3.8) is 0 Å². The molecule has 0 heterocycles. The number of benzene rings is 1. The van der Waals surface area contributed by atoms with Gasteiger partial charge in [-0.25, -0.2) is 0 Å². The fourth-order valence-electron chi connectivity index (χ4n) is 1.66. The van der Waals surface area contributed by atoms with Crippen molar-refractivity contribution < 1.29 is 19.4 Å². The molecule has 5 heteroatoms. The third-order valence-electron chi connectivity index (χ3n) is 2.59. The Morgan fingerprint density at radius 2 is 2.22 bits per heavy atom. The maximum absolute atomic E-state index is 10.5. The van der Waals surface area contributed by atoms with Crippen LogP contribution in [0, 0.1) is 0 Å². The number of hydrogen-bond donors (Lipinski definition) is 2. The number of rotatable bonds is 7. The van der Waals surface area contributed by atoms with Crippen molar-refractivity contribution >= 4 is 5.97 Å². The van der Waals surface area contributed by atoms with E-state index in [1.54, 1.807) is 19.2 Å². The van der Waals surface area contributed by atoms with E-state index in [0.717, 1.165) is 5.56 Å². The van der Waals surface area contributed by atoms with E-state index in [4.69, 9.17) is 20.3 Å². The second-order valence-electron chi connectivity index (χ2n) is 3.88. The van der Waals surface area contributed by atoms with Gasteiger partial charge in [0.1, 0.15) is 11.5 Å². The van der Waals surface area contributed by atoms with Crippen molar-refractivity contribution in [1.82, 2.24) is 0 Å². The van der Waals surface area contributed by atoms with Crippen LogP contribution < -0.4 is 15.2 Å². The van der Waals surface area contributed by atoms with Gasteiger partial charge >= 0.3 is 5.97 Å². The second-order valence-corrected chi connectivity index (χ2v) is 3.88. The van der Waals surface area contributed by atoms with Gasteiger partial charge in [0.25, 0.3) is 0 Å². The first kappa shape index (κ1) is 14.3. The highest BCUT2D eigenvalue weighted by Crippen LogP contribution is 2.30. The molecule has 1 unspecified atom stereocenters. The number of carbonyl (C=O) groups is 1. The predicted molar refractivity (Wildman–Crippen MR) is 68.0 cm³/mol. The molecule has 1 aromatic carbocycles. The van der Waals surface area contributed by atoms with Crippen LogP contribution in [0.1, 0.15) is 31.4 Å². The molecule has 5 nitrogen and oxygen atoms in total. The van der Waals surface area contributed by atoms with E-state index >= 15 is 0 Å². The van der Waals surface area contributed by atoms with Crippen LogP contribution in [-0.2, 0) is 4.79 Å². The molecular weight excluding hydrogens is 234 g/mol. The summed E-state index contributed by atoms with van der Waals surface area (Å²) in [7, 11) is 1.58. The van der Waals surface area contributed by atoms with Crippen molar-refractivity contribution in [3.05, 3.63) is 23.8 Å². The maximum atomic E-state index is 10.5. The fourth-order valence-corrected chi connectivity index (χ4v) is 1.66. The van der Waals surface area contributed by atoms with Crippen LogP contribution in [0.3, 0.4) is 0 Å². The van der Waals surface area contributed by atoms with Gasteiger partial charge in [0.15, 0.2) is 0 Å². The predicted octanol–water partition coefficient (Wildman–Crippen LogP) is 1.96. The summed E-state index contributed by atoms with van der Waals surface area (Å²) >= 11 is 0. The van der Waals surface area contributed by atoms with Crippen molar-refractivity contribution in [2.75, 3.05) is 13.7 Å². The summed E-state index contributed by atoms with van der Waals surface area (Å²) in [6, 6.07) is 5.02. The van der Waals surface area contributed by atoms with Crippen LogP contribution >= 0.6 is 0 Å². The maximum Gasteiger partial charge on any atom is 0.303 e. The summed E-state index contributed by atoms with van der Waals surface area (Å²) in [5.74, 6) is 0.485. The molecule has 0 aliphatic carbocycles. The molecule has 18 heavy (non-hydrogen) atoms. The Labute approximate surface area is 107 Å². The van der Waals surface area contributed by atoms with Gasteiger partial charge in [-0.3, -0.25) is 4.79 Å². The van der Waals surface area contributed by atoms with Gasteiger partial charge < -0.3 is 20.3 Å². The van der Waals surface area contributed by atoms with E-state index in [9.17, 15) is 4.79 Å². The SMILES string of the molecule is CCOc1cc(OC)ccc1C(N)CCC(=O)O. The zero-order chi connectivity index (χ0) is 13.5. The lowest BCUT2D eigenvalue weighted by molar-refractivity contribution is -0.137. The van der Waals surface area contributed by atoms with Crippen LogP contribution in [0.2, 0.25) is 0 Å². The number of carboxylic acid groups (broad SMARTS) is 1. The molecule has 3 N–H and O–H groups in total. The molecule has 0 amide bonds. The number of hydrogen-bond acceptors (Lipinski definition) is 4. The minimum Gasteiger partial charge on any atom is -0.497 e. The molecule has 0 fully saturated rings. The van der Waals surface area contributed by atoms with Gasteiger partial charge in [0.05, 0.1) is 13.7 Å². The van der Waals surface area contributed by atoms with Gasteiger partial charge in [-0.05, 0) is 19.4 Å². The van der Waals surface area contributed by atoms with Crippen molar-refractivity contribution in [1.29, 1.82) is 0 Å². The zero-order valence-corrected chi connectivity index (χ0v) is 10.7. The smallest absolute Gasteiger partial charge is 0.303 e. The Morgan fingerprint density at radius 1 is 1.50 bits per heavy atom. The van der Waals surface area contributed by atoms with Crippen molar-refractivity contribution in [3.8, 4) is 11.5 Å². The molecule has 0 aliphatic rings. The largest absolute Gasteiger partial charge is 0.497 e. The van der Waals surface area contributed by atoms with E-state index in [1.165, 1.54) is 0 Å². The molecule has 100 valence electrons. The molecule has 0 radical (unpaired) electrons. The van der Waals surface area contributed by atoms with Crippen LogP contribution in [0.5, 0.6) is 11.5 Å². The Morgan fingerprint density at radius 3 is 2.78 bits per heavy atom. The van der Waals surface area contributed by atoms with E-state index in [2.05, 4.69) is 0 Å². The molecule has 1 atom stereocenters. The molecule has 0 aliphatic heterocycles. The van der Waals surface area contributed by atoms with E-state index in [1.807, 2.05) is 13.0 Å². The minimum absolute atomic E-state index is 0.0404. The van der Waals surface area contributed by atoms with Crippen LogP contribution in [0.25, 0.3) is 0 Å². The Bertz CT molecular complexity index is 406. The molecule has 0 spiro atoms. The number of ether oxygens (including phenoxy) is 2. The van der Waals surface area contributed by atoms with Crippen LogP contribution in [0.4, 0.5) is 0 Å². The third kappa shape index (κ3) is 3.92. The molecular formula is C13H19NO4. The lowest BCUT2D eigenvalue weighted by atomic mass is 10.0. The summed E-state index contributed by atoms with van der Waals surface area (Å²) in [5.41, 5.74) is 6.79. The summed E-state index contributed by atoms with van der Waals surface area (Å²) in [6.45, 7) is 2.40. The summed E-state index contributed by atoms with van der Waals surface area (Å²) in [5, 5.41) is 8.66. The normalized spacial score (nSPS) is 11.9. The zero-order valence-electron chi connectivity index (χ0n) is 10.7. The average Bonchev–Trinajstić information content (AvgIpc) is 2.36. The average molecular weight is 253 g/mol. The van der Waals surface area contributed by atoms with E-state index in [0.29, 0.717) is 24.5 Å². The lowest BCUT2D eigenvalue weighted by Gasteiger charge is -2.16. The van der Waals surface area contributed by atoms with E-state index < -0.39 is 5.97 Å². The lowest BCUT2D eigenvalue weighted by Crippen LogP contribution is -2.14. The number of nitrogens with two attached hydrogens (primary N) is 1. The third-order valence-corrected chi connectivity index (χ3v) is 2.59. The van der Waals surface area contributed by atoms with Crippen molar-refractivity contribution in [2.45, 2.75) is 25.8 Å². The Hall–Kier alpha value is -1.75. The number of aliphatic carboxylic acids is 1.